The number of sulfone groups is 1. The van der Waals surface area contributed by atoms with E-state index < -0.39 is 58.7 Å². The highest BCUT2D eigenvalue weighted by atomic mass is 32.3. The largest absolute Gasteiger partial charge is 0.455 e. The Morgan fingerprint density at radius 1 is 0.761 bits per heavy atom. The third kappa shape index (κ3) is 5.64. The molecule has 2 aromatic heterocycles. The molecule has 3 N–H and O–H groups in total. The number of aromatic nitrogens is 1. The summed E-state index contributed by atoms with van der Waals surface area (Å²) >= 11 is 0.464. The van der Waals surface area contributed by atoms with Crippen LogP contribution in [0.15, 0.2) is 89.4 Å². The van der Waals surface area contributed by atoms with Crippen LogP contribution in [0.4, 0.5) is 0 Å². The van der Waals surface area contributed by atoms with E-state index in [1.165, 1.54) is 42.5 Å². The van der Waals surface area contributed by atoms with Crippen molar-refractivity contribution in [2.75, 3.05) is 12.4 Å². The van der Waals surface area contributed by atoms with E-state index in [1.807, 2.05) is 0 Å². The Kier molecular flexibility index (Phi) is 7.92. The predicted octanol–water partition coefficient (Wildman–Crippen LogP) is 3.11. The van der Waals surface area contributed by atoms with Crippen LogP contribution in [0.2, 0.25) is 0 Å². The Bertz CT molecular complexity index is 2650. The third-order valence-electron chi connectivity index (χ3n) is 7.01. The second-order valence-electron chi connectivity index (χ2n) is 9.63. The third-order valence-corrected chi connectivity index (χ3v) is 10.6. The second kappa shape index (κ2) is 11.4. The molecule has 0 atom stereocenters. The van der Waals surface area contributed by atoms with E-state index in [0.29, 0.717) is 17.4 Å². The molecule has 16 nitrogen and oxygen atoms in total. The number of benzene rings is 4. The summed E-state index contributed by atoms with van der Waals surface area (Å²) in [6.07, 6.45) is 0. The van der Waals surface area contributed by atoms with Gasteiger partial charge < -0.3 is 4.42 Å². The van der Waals surface area contributed by atoms with Gasteiger partial charge in [-0.1, -0.05) is 11.1 Å². The molecule has 46 heavy (non-hydrogen) atoms. The van der Waals surface area contributed by atoms with Crippen LogP contribution in [0.5, 0.6) is 0 Å². The molecule has 0 spiro atoms. The average molecular weight is 712 g/mol. The molecule has 0 fully saturated rings. The van der Waals surface area contributed by atoms with Gasteiger partial charge in [-0.15, -0.1) is 4.33 Å². The Labute approximate surface area is 261 Å². The van der Waals surface area contributed by atoms with E-state index >= 15 is 0 Å². The Hall–Kier alpha value is -3.96. The molecule has 0 aliphatic carbocycles. The van der Waals surface area contributed by atoms with Crippen LogP contribution in [-0.2, 0) is 43.9 Å². The minimum absolute atomic E-state index is 0.0225. The standard InChI is InChI=1S/C26H17NO15S4/c28-25-17-7-6-16-18-11-15(45(33,34)35)5-8-20(18)40-24-21(43-42-41-30)12-19(22(17)23(16)24)26(29)27(25)13-1-3-14(4-2-13)44(31,32)10-9-39-46(36,37)38/h1-8,11-12,30H,9-10H2,(H,33,34,35)(H,36,37,38). The summed E-state index contributed by atoms with van der Waals surface area (Å²) in [6.45, 7) is -0.854. The zero-order chi connectivity index (χ0) is 33.2. The fourth-order valence-electron chi connectivity index (χ4n) is 5.11. The fourth-order valence-corrected chi connectivity index (χ4v) is 7.60. The lowest BCUT2D eigenvalue weighted by Gasteiger charge is -2.16. The molecule has 6 rings (SSSR count). The second-order valence-corrected chi connectivity index (χ2v) is 15.0. The Morgan fingerprint density at radius 3 is 2.07 bits per heavy atom. The molecule has 0 aliphatic rings. The van der Waals surface area contributed by atoms with Gasteiger partial charge in [-0.3, -0.25) is 18.7 Å². The van der Waals surface area contributed by atoms with Gasteiger partial charge in [0.25, 0.3) is 21.2 Å². The number of nitrogens with zero attached hydrogens (tertiary/aromatic N) is 1. The van der Waals surface area contributed by atoms with Crippen molar-refractivity contribution >= 4 is 85.9 Å². The van der Waals surface area contributed by atoms with Crippen molar-refractivity contribution in [2.24, 2.45) is 0 Å². The molecule has 2 heterocycles. The van der Waals surface area contributed by atoms with Gasteiger partial charge in [0.05, 0.1) is 50.2 Å². The lowest BCUT2D eigenvalue weighted by atomic mass is 9.96. The van der Waals surface area contributed by atoms with E-state index in [1.54, 1.807) is 0 Å². The molecule has 0 radical (unpaired) electrons. The first-order valence-electron chi connectivity index (χ1n) is 12.5. The molecule has 240 valence electrons. The molecule has 20 heteroatoms. The highest BCUT2D eigenvalue weighted by molar-refractivity contribution is 7.94. The maximum absolute atomic E-state index is 13.9. The highest BCUT2D eigenvalue weighted by Crippen LogP contribution is 2.42. The zero-order valence-corrected chi connectivity index (χ0v) is 25.8. The first kappa shape index (κ1) is 32.0. The van der Waals surface area contributed by atoms with E-state index in [9.17, 15) is 39.4 Å². The van der Waals surface area contributed by atoms with Crippen molar-refractivity contribution in [1.29, 1.82) is 0 Å². The van der Waals surface area contributed by atoms with Crippen LogP contribution in [-0.4, -0.2) is 56.5 Å². The van der Waals surface area contributed by atoms with Gasteiger partial charge in [0.2, 0.25) is 0 Å². The SMILES string of the molecule is O=c1c2ccc3c4cc(S(=O)(=O)O)ccc4oc4c(SOOO)cc(c(=O)n1-c1ccc(S(=O)(=O)CCOS(=O)(=O)O)cc1)c2c43. The summed E-state index contributed by atoms with van der Waals surface area (Å²) in [5.74, 6) is -0.801. The van der Waals surface area contributed by atoms with Gasteiger partial charge in [0, 0.05) is 21.5 Å². The molecule has 0 unspecified atom stereocenters. The molecule has 6 aromatic rings. The van der Waals surface area contributed by atoms with E-state index in [4.69, 9.17) is 14.2 Å². The smallest absolute Gasteiger partial charge is 0.397 e. The van der Waals surface area contributed by atoms with E-state index in [2.05, 4.69) is 13.6 Å². The minimum Gasteiger partial charge on any atom is -0.455 e. The van der Waals surface area contributed by atoms with Crippen LogP contribution in [0, 0.1) is 0 Å². The van der Waals surface area contributed by atoms with Crippen LogP contribution in [0.25, 0.3) is 49.2 Å². The first-order chi connectivity index (χ1) is 21.6. The first-order valence-corrected chi connectivity index (χ1v) is 17.7. The van der Waals surface area contributed by atoms with Gasteiger partial charge in [-0.2, -0.15) is 16.8 Å². The van der Waals surface area contributed by atoms with Crippen molar-refractivity contribution < 1.29 is 57.6 Å². The number of hydrogen-bond donors (Lipinski definition) is 3. The zero-order valence-electron chi connectivity index (χ0n) is 22.5. The number of pyridine rings is 1. The van der Waals surface area contributed by atoms with Crippen molar-refractivity contribution in [2.45, 2.75) is 14.7 Å². The quantitative estimate of drug-likeness (QED) is 0.0461. The summed E-state index contributed by atoms with van der Waals surface area (Å²) < 4.78 is 104. The van der Waals surface area contributed by atoms with Crippen molar-refractivity contribution in [3.63, 3.8) is 0 Å². The summed E-state index contributed by atoms with van der Waals surface area (Å²) in [7, 11) is -13.6. The molecule has 0 bridgehead atoms. The maximum Gasteiger partial charge on any atom is 0.397 e. The van der Waals surface area contributed by atoms with E-state index in [-0.39, 0.29) is 53.6 Å². The van der Waals surface area contributed by atoms with Gasteiger partial charge in [-0.25, -0.2) is 22.4 Å². The monoisotopic (exact) mass is 711 g/mol. The molecule has 0 amide bonds. The van der Waals surface area contributed by atoms with E-state index in [0.717, 1.165) is 22.8 Å². The summed E-state index contributed by atoms with van der Waals surface area (Å²) in [6, 6.07) is 12.4. The average Bonchev–Trinajstić information content (AvgIpc) is 2.99. The minimum atomic E-state index is -4.85. The maximum atomic E-state index is 13.9. The molecule has 4 aromatic carbocycles. The molecular weight excluding hydrogens is 695 g/mol. The van der Waals surface area contributed by atoms with Crippen LogP contribution in [0.3, 0.4) is 0 Å². The normalized spacial score (nSPS) is 13.0. The van der Waals surface area contributed by atoms with Gasteiger partial charge in [0.1, 0.15) is 5.58 Å². The van der Waals surface area contributed by atoms with Crippen LogP contribution in [0.1, 0.15) is 0 Å². The lowest BCUT2D eigenvalue weighted by Crippen LogP contribution is -2.32. The topological polar surface area (TPSA) is 243 Å². The summed E-state index contributed by atoms with van der Waals surface area (Å²) in [4.78, 5) is 27.1. The molecule has 0 saturated heterocycles. The Balaban J connectivity index is 1.58. The van der Waals surface area contributed by atoms with Gasteiger partial charge in [0.15, 0.2) is 15.4 Å². The molecule has 0 aliphatic heterocycles. The fraction of sp³-hybridized carbons (Fsp3) is 0.0769. The van der Waals surface area contributed by atoms with Crippen molar-refractivity contribution in [3.8, 4) is 5.69 Å². The number of fused-ring (bicyclic) bond motifs is 2. The summed E-state index contributed by atoms with van der Waals surface area (Å²) in [5, 5.41) is 13.4. The predicted molar refractivity (Wildman–Crippen MR) is 162 cm³/mol. The van der Waals surface area contributed by atoms with Crippen LogP contribution < -0.4 is 11.1 Å². The number of hydrogen-bond acceptors (Lipinski definition) is 14. The van der Waals surface area contributed by atoms with Crippen molar-refractivity contribution in [3.05, 3.63) is 81.4 Å². The van der Waals surface area contributed by atoms with Crippen molar-refractivity contribution in [1.82, 2.24) is 4.57 Å². The number of rotatable bonds is 10. The van der Waals surface area contributed by atoms with Gasteiger partial charge in [-0.05, 0) is 60.0 Å². The summed E-state index contributed by atoms with van der Waals surface area (Å²) in [5.41, 5.74) is -1.40. The molecular formula is C26H17NO15S4. The lowest BCUT2D eigenvalue weighted by molar-refractivity contribution is -0.432. The van der Waals surface area contributed by atoms with Gasteiger partial charge >= 0.3 is 10.4 Å². The Morgan fingerprint density at radius 2 is 1.41 bits per heavy atom. The molecule has 0 saturated carbocycles. The van der Waals surface area contributed by atoms with Crippen LogP contribution >= 0.6 is 12.0 Å². The highest BCUT2D eigenvalue weighted by Gasteiger charge is 2.24.